The number of hydroxylamine groups is 1. The van der Waals surface area contributed by atoms with E-state index in [4.69, 9.17) is 21.5 Å². The van der Waals surface area contributed by atoms with Gasteiger partial charge in [0.15, 0.2) is 0 Å². The van der Waals surface area contributed by atoms with Crippen molar-refractivity contribution in [1.29, 1.82) is 0 Å². The third-order valence-corrected chi connectivity index (χ3v) is 1.89. The quantitative estimate of drug-likeness (QED) is 0.371. The van der Waals surface area contributed by atoms with Crippen LogP contribution in [0.15, 0.2) is 36.5 Å². The van der Waals surface area contributed by atoms with E-state index in [1.165, 1.54) is 0 Å². The van der Waals surface area contributed by atoms with Gasteiger partial charge >= 0.3 is 5.97 Å². The molecule has 0 saturated carbocycles. The first-order valence-corrected chi connectivity index (χ1v) is 5.02. The molecule has 17 heavy (non-hydrogen) atoms. The fraction of sp³-hybridized carbons (Fsp3) is 0.0833. The van der Waals surface area contributed by atoms with Crippen LogP contribution in [0.4, 0.5) is 0 Å². The predicted molar refractivity (Wildman–Crippen MR) is 64.2 cm³/mol. The number of benzene rings is 1. The zero-order valence-corrected chi connectivity index (χ0v) is 9.62. The standard InChI is InChI=1S/C12H10ClNO3/c1-9(12(15)16)14-17-7-3-5-10-4-2-6-11(13)8-10/h2,4,6,8,14H,1,7H2,(H,15,16). The molecule has 0 heterocycles. The molecule has 0 spiro atoms. The molecule has 5 heteroatoms. The largest absolute Gasteiger partial charge is 0.477 e. The number of carboxylic acid groups (broad SMARTS) is 1. The Morgan fingerprint density at radius 2 is 2.35 bits per heavy atom. The highest BCUT2D eigenvalue weighted by Crippen LogP contribution is 2.09. The van der Waals surface area contributed by atoms with Crippen molar-refractivity contribution in [3.8, 4) is 11.8 Å². The molecule has 4 nitrogen and oxygen atoms in total. The average Bonchev–Trinajstić information content (AvgIpc) is 2.28. The van der Waals surface area contributed by atoms with Crippen molar-refractivity contribution in [2.75, 3.05) is 6.61 Å². The van der Waals surface area contributed by atoms with E-state index in [-0.39, 0.29) is 12.3 Å². The summed E-state index contributed by atoms with van der Waals surface area (Å²) in [6.07, 6.45) is 0. The molecule has 0 aliphatic carbocycles. The molecule has 0 aliphatic rings. The van der Waals surface area contributed by atoms with Gasteiger partial charge in [-0.1, -0.05) is 36.1 Å². The number of hydrogen-bond acceptors (Lipinski definition) is 3. The summed E-state index contributed by atoms with van der Waals surface area (Å²) in [7, 11) is 0. The minimum Gasteiger partial charge on any atom is -0.477 e. The Kier molecular flexibility index (Phi) is 5.08. The lowest BCUT2D eigenvalue weighted by atomic mass is 10.2. The summed E-state index contributed by atoms with van der Waals surface area (Å²) < 4.78 is 0. The van der Waals surface area contributed by atoms with Gasteiger partial charge in [-0.25, -0.2) is 4.79 Å². The SMILES string of the molecule is C=C(NOCC#Cc1cccc(Cl)c1)C(=O)O. The van der Waals surface area contributed by atoms with E-state index in [1.54, 1.807) is 18.2 Å². The number of halogens is 1. The van der Waals surface area contributed by atoms with Gasteiger partial charge in [0, 0.05) is 10.6 Å². The zero-order chi connectivity index (χ0) is 12.7. The topological polar surface area (TPSA) is 58.6 Å². The van der Waals surface area contributed by atoms with Gasteiger partial charge in [-0.05, 0) is 18.2 Å². The van der Waals surface area contributed by atoms with Crippen molar-refractivity contribution in [2.45, 2.75) is 0 Å². The predicted octanol–water partition coefficient (Wildman–Crippen LogP) is 1.81. The van der Waals surface area contributed by atoms with Gasteiger partial charge in [0.1, 0.15) is 12.3 Å². The molecule has 2 N–H and O–H groups in total. The molecule has 0 aliphatic heterocycles. The number of aliphatic carboxylic acids is 1. The lowest BCUT2D eigenvalue weighted by molar-refractivity contribution is -0.134. The van der Waals surface area contributed by atoms with Crippen LogP contribution in [0.2, 0.25) is 5.02 Å². The molecule has 1 aromatic rings. The Hall–Kier alpha value is -1.96. The molecule has 0 bridgehead atoms. The van der Waals surface area contributed by atoms with E-state index in [1.807, 2.05) is 6.07 Å². The zero-order valence-electron chi connectivity index (χ0n) is 8.87. The first kappa shape index (κ1) is 13.1. The number of carboxylic acids is 1. The Balaban J connectivity index is 2.37. The first-order chi connectivity index (χ1) is 8.09. The van der Waals surface area contributed by atoms with Crippen molar-refractivity contribution in [2.24, 2.45) is 0 Å². The van der Waals surface area contributed by atoms with E-state index >= 15 is 0 Å². The van der Waals surface area contributed by atoms with E-state index in [0.29, 0.717) is 5.02 Å². The van der Waals surface area contributed by atoms with Gasteiger partial charge in [0.25, 0.3) is 0 Å². The summed E-state index contributed by atoms with van der Waals surface area (Å²) in [4.78, 5) is 15.1. The average molecular weight is 252 g/mol. The fourth-order valence-electron chi connectivity index (χ4n) is 0.907. The van der Waals surface area contributed by atoms with Gasteiger partial charge in [-0.15, -0.1) is 0 Å². The summed E-state index contributed by atoms with van der Waals surface area (Å²) in [5.74, 6) is 4.33. The first-order valence-electron chi connectivity index (χ1n) is 4.64. The monoisotopic (exact) mass is 251 g/mol. The minimum absolute atomic E-state index is 0.0405. The molecular weight excluding hydrogens is 242 g/mol. The normalized spacial score (nSPS) is 9.00. The van der Waals surface area contributed by atoms with Crippen molar-refractivity contribution < 1.29 is 14.7 Å². The van der Waals surface area contributed by atoms with Crippen LogP contribution < -0.4 is 5.48 Å². The molecule has 0 atom stereocenters. The Bertz CT molecular complexity index is 488. The van der Waals surface area contributed by atoms with Crippen LogP contribution in [-0.4, -0.2) is 17.7 Å². The highest BCUT2D eigenvalue weighted by Gasteiger charge is 2.00. The highest BCUT2D eigenvalue weighted by molar-refractivity contribution is 6.30. The summed E-state index contributed by atoms with van der Waals surface area (Å²) in [5, 5.41) is 9.06. The van der Waals surface area contributed by atoms with Gasteiger partial charge in [0.05, 0.1) is 0 Å². The van der Waals surface area contributed by atoms with Gasteiger partial charge in [0.2, 0.25) is 0 Å². The molecule has 0 aromatic heterocycles. The van der Waals surface area contributed by atoms with Crippen LogP contribution in [-0.2, 0) is 9.63 Å². The van der Waals surface area contributed by atoms with E-state index in [2.05, 4.69) is 23.9 Å². The van der Waals surface area contributed by atoms with Crippen LogP contribution in [0.25, 0.3) is 0 Å². The maximum Gasteiger partial charge on any atom is 0.353 e. The summed E-state index contributed by atoms with van der Waals surface area (Å²) in [6.45, 7) is 3.26. The fourth-order valence-corrected chi connectivity index (χ4v) is 1.10. The summed E-state index contributed by atoms with van der Waals surface area (Å²) in [6, 6.07) is 7.07. The Labute approximate surface area is 104 Å². The maximum absolute atomic E-state index is 10.3. The molecule has 0 amide bonds. The number of rotatable bonds is 4. The summed E-state index contributed by atoms with van der Waals surface area (Å²) >= 11 is 5.77. The molecule has 0 unspecified atom stereocenters. The van der Waals surface area contributed by atoms with Crippen LogP contribution in [0, 0.1) is 11.8 Å². The van der Waals surface area contributed by atoms with Crippen molar-refractivity contribution in [3.63, 3.8) is 0 Å². The van der Waals surface area contributed by atoms with Crippen molar-refractivity contribution >= 4 is 17.6 Å². The van der Waals surface area contributed by atoms with E-state index in [0.717, 1.165) is 5.56 Å². The van der Waals surface area contributed by atoms with Crippen molar-refractivity contribution in [1.82, 2.24) is 5.48 Å². The lowest BCUT2D eigenvalue weighted by Gasteiger charge is -2.01. The smallest absolute Gasteiger partial charge is 0.353 e. The van der Waals surface area contributed by atoms with Gasteiger partial charge in [-0.2, -0.15) is 0 Å². The summed E-state index contributed by atoms with van der Waals surface area (Å²) in [5.41, 5.74) is 2.68. The highest BCUT2D eigenvalue weighted by atomic mass is 35.5. The molecule has 1 aromatic carbocycles. The third kappa shape index (κ3) is 5.07. The number of carbonyl (C=O) groups is 1. The Morgan fingerprint density at radius 1 is 1.59 bits per heavy atom. The molecule has 88 valence electrons. The number of hydrogen-bond donors (Lipinski definition) is 2. The second-order valence-corrected chi connectivity index (χ2v) is 3.42. The lowest BCUT2D eigenvalue weighted by Crippen LogP contribution is -2.19. The van der Waals surface area contributed by atoms with Crippen LogP contribution in [0.5, 0.6) is 0 Å². The minimum atomic E-state index is -1.17. The molecular formula is C12H10ClNO3. The molecule has 0 fully saturated rings. The Morgan fingerprint density at radius 3 is 3.00 bits per heavy atom. The molecule has 1 rings (SSSR count). The second-order valence-electron chi connectivity index (χ2n) is 2.99. The van der Waals surface area contributed by atoms with Crippen LogP contribution in [0.1, 0.15) is 5.56 Å². The van der Waals surface area contributed by atoms with Crippen molar-refractivity contribution in [3.05, 3.63) is 47.1 Å². The maximum atomic E-state index is 10.3. The molecule has 0 radical (unpaired) electrons. The van der Waals surface area contributed by atoms with Crippen LogP contribution >= 0.6 is 11.6 Å². The third-order valence-electron chi connectivity index (χ3n) is 1.66. The van der Waals surface area contributed by atoms with Gasteiger partial charge < -0.3 is 5.11 Å². The number of nitrogens with one attached hydrogen (secondary N) is 1. The van der Waals surface area contributed by atoms with E-state index < -0.39 is 5.97 Å². The molecule has 0 saturated heterocycles. The van der Waals surface area contributed by atoms with E-state index in [9.17, 15) is 4.79 Å². The van der Waals surface area contributed by atoms with Crippen LogP contribution in [0.3, 0.4) is 0 Å². The van der Waals surface area contributed by atoms with Gasteiger partial charge in [-0.3, -0.25) is 10.3 Å². The second kappa shape index (κ2) is 6.59.